The second-order valence-corrected chi connectivity index (χ2v) is 5.27. The molecule has 0 radical (unpaired) electrons. The summed E-state index contributed by atoms with van der Waals surface area (Å²) >= 11 is 0. The summed E-state index contributed by atoms with van der Waals surface area (Å²) in [5, 5.41) is 9.77. The lowest BCUT2D eigenvalue weighted by molar-refractivity contribution is 0.0218. The van der Waals surface area contributed by atoms with Crippen molar-refractivity contribution in [1.82, 2.24) is 9.80 Å². The summed E-state index contributed by atoms with van der Waals surface area (Å²) in [5.41, 5.74) is 0. The van der Waals surface area contributed by atoms with Gasteiger partial charge >= 0.3 is 0 Å². The number of likely N-dealkylation sites (tertiary alicyclic amines) is 1. The Labute approximate surface area is 105 Å². The third kappa shape index (κ3) is 3.91. The van der Waals surface area contributed by atoms with Crippen molar-refractivity contribution >= 4 is 0 Å². The Morgan fingerprint density at radius 3 is 2.76 bits per heavy atom. The minimum Gasteiger partial charge on any atom is -0.392 e. The number of β-amino-alcohol motifs (C(OH)–C–C–N with tert-alkyl or cyclic N) is 1. The predicted octanol–water partition coefficient (Wildman–Crippen LogP) is 0.554. The molecule has 2 atom stereocenters. The first kappa shape index (κ1) is 13.3. The molecule has 0 aliphatic carbocycles. The highest BCUT2D eigenvalue weighted by molar-refractivity contribution is 4.83. The SMILES string of the molecule is CC[C@@H](O)CN1CCCC1CN1CCOCC1. The first-order valence-corrected chi connectivity index (χ1v) is 7.01. The molecule has 2 aliphatic rings. The maximum absolute atomic E-state index is 9.77. The molecule has 4 nitrogen and oxygen atoms in total. The lowest BCUT2D eigenvalue weighted by atomic mass is 10.2. The van der Waals surface area contributed by atoms with E-state index < -0.39 is 0 Å². The van der Waals surface area contributed by atoms with Crippen molar-refractivity contribution in [2.75, 3.05) is 45.9 Å². The highest BCUT2D eigenvalue weighted by atomic mass is 16.5. The average Bonchev–Trinajstić information content (AvgIpc) is 2.78. The fourth-order valence-corrected chi connectivity index (χ4v) is 2.82. The molecule has 2 fully saturated rings. The van der Waals surface area contributed by atoms with Crippen molar-refractivity contribution in [2.45, 2.75) is 38.3 Å². The zero-order chi connectivity index (χ0) is 12.1. The van der Waals surface area contributed by atoms with E-state index in [-0.39, 0.29) is 6.10 Å². The molecule has 0 spiro atoms. The lowest BCUT2D eigenvalue weighted by Crippen LogP contribution is -2.46. The molecule has 0 saturated carbocycles. The highest BCUT2D eigenvalue weighted by Crippen LogP contribution is 2.19. The summed E-state index contributed by atoms with van der Waals surface area (Å²) in [6.07, 6.45) is 3.28. The Balaban J connectivity index is 1.77. The number of rotatable bonds is 5. The zero-order valence-corrected chi connectivity index (χ0v) is 11.0. The van der Waals surface area contributed by atoms with Gasteiger partial charge in [0.15, 0.2) is 0 Å². The molecule has 2 rings (SSSR count). The first-order chi connectivity index (χ1) is 8.29. The van der Waals surface area contributed by atoms with E-state index in [0.29, 0.717) is 6.04 Å². The van der Waals surface area contributed by atoms with Crippen LogP contribution >= 0.6 is 0 Å². The van der Waals surface area contributed by atoms with Crippen LogP contribution in [0.15, 0.2) is 0 Å². The largest absolute Gasteiger partial charge is 0.392 e. The number of nitrogens with zero attached hydrogens (tertiary/aromatic N) is 2. The molecule has 0 amide bonds. The van der Waals surface area contributed by atoms with Gasteiger partial charge in [0.1, 0.15) is 0 Å². The quantitative estimate of drug-likeness (QED) is 0.764. The Morgan fingerprint density at radius 1 is 1.29 bits per heavy atom. The molecule has 2 heterocycles. The van der Waals surface area contributed by atoms with Gasteiger partial charge < -0.3 is 9.84 Å². The Morgan fingerprint density at radius 2 is 2.06 bits per heavy atom. The van der Waals surface area contributed by atoms with Crippen molar-refractivity contribution in [3.05, 3.63) is 0 Å². The normalized spacial score (nSPS) is 29.6. The van der Waals surface area contributed by atoms with Gasteiger partial charge in [-0.05, 0) is 25.8 Å². The number of morpholine rings is 1. The molecular weight excluding hydrogens is 216 g/mol. The van der Waals surface area contributed by atoms with Crippen molar-refractivity contribution in [2.24, 2.45) is 0 Å². The van der Waals surface area contributed by atoms with Crippen LogP contribution in [0.25, 0.3) is 0 Å². The van der Waals surface area contributed by atoms with E-state index in [2.05, 4.69) is 16.7 Å². The minimum atomic E-state index is -0.153. The van der Waals surface area contributed by atoms with Gasteiger partial charge in [0.05, 0.1) is 19.3 Å². The van der Waals surface area contributed by atoms with Crippen LogP contribution in [0.5, 0.6) is 0 Å². The fraction of sp³-hybridized carbons (Fsp3) is 1.00. The first-order valence-electron chi connectivity index (χ1n) is 7.01. The molecule has 0 aromatic carbocycles. The van der Waals surface area contributed by atoms with Gasteiger partial charge in [0.25, 0.3) is 0 Å². The van der Waals surface area contributed by atoms with Crippen LogP contribution in [0.3, 0.4) is 0 Å². The standard InChI is InChI=1S/C13H26N2O2/c1-2-13(16)11-15-5-3-4-12(15)10-14-6-8-17-9-7-14/h12-13,16H,2-11H2,1H3/t12?,13-/m1/s1. The summed E-state index contributed by atoms with van der Waals surface area (Å²) in [4.78, 5) is 4.98. The smallest absolute Gasteiger partial charge is 0.0664 e. The van der Waals surface area contributed by atoms with Gasteiger partial charge in [-0.1, -0.05) is 6.92 Å². The Hall–Kier alpha value is -0.160. The molecule has 0 bridgehead atoms. The topological polar surface area (TPSA) is 35.9 Å². The van der Waals surface area contributed by atoms with Crippen LogP contribution in [0, 0.1) is 0 Å². The summed E-state index contributed by atoms with van der Waals surface area (Å²) in [6, 6.07) is 0.647. The van der Waals surface area contributed by atoms with Gasteiger partial charge in [-0.3, -0.25) is 9.80 Å². The van der Waals surface area contributed by atoms with Crippen LogP contribution in [-0.2, 0) is 4.74 Å². The van der Waals surface area contributed by atoms with E-state index >= 15 is 0 Å². The second-order valence-electron chi connectivity index (χ2n) is 5.27. The van der Waals surface area contributed by atoms with Crippen molar-refractivity contribution < 1.29 is 9.84 Å². The van der Waals surface area contributed by atoms with E-state index in [1.807, 2.05) is 0 Å². The molecule has 0 aromatic rings. The van der Waals surface area contributed by atoms with E-state index in [1.165, 1.54) is 12.8 Å². The molecule has 1 N–H and O–H groups in total. The molecule has 1 unspecified atom stereocenters. The lowest BCUT2D eigenvalue weighted by Gasteiger charge is -2.33. The average molecular weight is 242 g/mol. The molecule has 17 heavy (non-hydrogen) atoms. The predicted molar refractivity (Wildman–Crippen MR) is 68.2 cm³/mol. The van der Waals surface area contributed by atoms with Gasteiger partial charge in [-0.15, -0.1) is 0 Å². The molecule has 4 heteroatoms. The van der Waals surface area contributed by atoms with Crippen molar-refractivity contribution in [3.63, 3.8) is 0 Å². The number of aliphatic hydroxyl groups is 1. The van der Waals surface area contributed by atoms with Crippen LogP contribution in [0.4, 0.5) is 0 Å². The summed E-state index contributed by atoms with van der Waals surface area (Å²) in [5.74, 6) is 0. The van der Waals surface area contributed by atoms with Crippen LogP contribution in [0.2, 0.25) is 0 Å². The maximum atomic E-state index is 9.77. The van der Waals surface area contributed by atoms with E-state index in [4.69, 9.17) is 4.74 Å². The third-order valence-electron chi connectivity index (χ3n) is 3.99. The zero-order valence-electron chi connectivity index (χ0n) is 11.0. The second kappa shape index (κ2) is 6.69. The van der Waals surface area contributed by atoms with Crippen molar-refractivity contribution in [1.29, 1.82) is 0 Å². The van der Waals surface area contributed by atoms with Crippen LogP contribution in [0.1, 0.15) is 26.2 Å². The molecule has 0 aromatic heterocycles. The van der Waals surface area contributed by atoms with Gasteiger partial charge in [0.2, 0.25) is 0 Å². The Bertz CT molecular complexity index is 219. The fourth-order valence-electron chi connectivity index (χ4n) is 2.82. The number of ether oxygens (including phenoxy) is 1. The Kier molecular flexibility index (Phi) is 5.22. The molecule has 2 saturated heterocycles. The molecule has 2 aliphatic heterocycles. The summed E-state index contributed by atoms with van der Waals surface area (Å²) < 4.78 is 5.38. The van der Waals surface area contributed by atoms with Gasteiger partial charge in [-0.2, -0.15) is 0 Å². The van der Waals surface area contributed by atoms with E-state index in [9.17, 15) is 5.11 Å². The van der Waals surface area contributed by atoms with Crippen LogP contribution < -0.4 is 0 Å². The number of hydrogen-bond acceptors (Lipinski definition) is 4. The van der Waals surface area contributed by atoms with E-state index in [0.717, 1.165) is 52.4 Å². The maximum Gasteiger partial charge on any atom is 0.0664 e. The minimum absolute atomic E-state index is 0.153. The van der Waals surface area contributed by atoms with E-state index in [1.54, 1.807) is 0 Å². The monoisotopic (exact) mass is 242 g/mol. The summed E-state index contributed by atoms with van der Waals surface area (Å²) in [6.45, 7) is 9.12. The van der Waals surface area contributed by atoms with Crippen molar-refractivity contribution in [3.8, 4) is 0 Å². The third-order valence-corrected chi connectivity index (χ3v) is 3.99. The number of hydrogen-bond donors (Lipinski definition) is 1. The number of aliphatic hydroxyl groups excluding tert-OH is 1. The van der Waals surface area contributed by atoms with Gasteiger partial charge in [-0.25, -0.2) is 0 Å². The highest BCUT2D eigenvalue weighted by Gasteiger charge is 2.27. The van der Waals surface area contributed by atoms with Gasteiger partial charge in [0, 0.05) is 32.2 Å². The molecular formula is C13H26N2O2. The molecule has 100 valence electrons. The van der Waals surface area contributed by atoms with Crippen LogP contribution in [-0.4, -0.2) is 73.0 Å². The summed E-state index contributed by atoms with van der Waals surface area (Å²) in [7, 11) is 0.